The third kappa shape index (κ3) is 5.89. The van der Waals surface area contributed by atoms with Crippen LogP contribution in [0.4, 0.5) is 0 Å². The van der Waals surface area contributed by atoms with E-state index in [2.05, 4.69) is 15.9 Å². The maximum Gasteiger partial charge on any atom is 0.338 e. The first-order valence-electron chi connectivity index (χ1n) is 13.9. The zero-order chi connectivity index (χ0) is 31.4. The second-order valence-electron chi connectivity index (χ2n) is 9.51. The Morgan fingerprint density at radius 2 is 1.70 bits per heavy atom. The van der Waals surface area contributed by atoms with Crippen molar-refractivity contribution in [2.24, 2.45) is 4.99 Å². The van der Waals surface area contributed by atoms with Gasteiger partial charge in [0.15, 0.2) is 27.8 Å². The van der Waals surface area contributed by atoms with E-state index in [-0.39, 0.29) is 17.7 Å². The Balaban J connectivity index is 1.82. The quantitative estimate of drug-likeness (QED) is 0.215. The van der Waals surface area contributed by atoms with Gasteiger partial charge in [-0.05, 0) is 71.2 Å². The molecule has 0 bridgehead atoms. The Morgan fingerprint density at radius 3 is 2.36 bits per heavy atom. The molecule has 11 heteroatoms. The first-order valence-corrected chi connectivity index (χ1v) is 15.5. The molecule has 1 atom stereocenters. The molecular formula is C33H31BrN2O7S. The fourth-order valence-electron chi connectivity index (χ4n) is 5.06. The van der Waals surface area contributed by atoms with Crippen LogP contribution in [0.1, 0.15) is 36.6 Å². The van der Waals surface area contributed by atoms with Crippen LogP contribution in [0.15, 0.2) is 80.5 Å². The first kappa shape index (κ1) is 31.1. The zero-order valence-corrected chi connectivity index (χ0v) is 27.3. The zero-order valence-electron chi connectivity index (χ0n) is 24.9. The van der Waals surface area contributed by atoms with Crippen LogP contribution in [0.2, 0.25) is 0 Å². The summed E-state index contributed by atoms with van der Waals surface area (Å²) in [6, 6.07) is 17.5. The molecule has 3 aromatic carbocycles. The molecule has 0 radical (unpaired) electrons. The van der Waals surface area contributed by atoms with Crippen molar-refractivity contribution in [1.82, 2.24) is 4.57 Å². The third-order valence-corrected chi connectivity index (χ3v) is 8.50. The van der Waals surface area contributed by atoms with Crippen LogP contribution in [0, 0.1) is 0 Å². The van der Waals surface area contributed by atoms with Crippen molar-refractivity contribution in [3.63, 3.8) is 0 Å². The highest BCUT2D eigenvalue weighted by molar-refractivity contribution is 9.10. The summed E-state index contributed by atoms with van der Waals surface area (Å²) in [6.45, 7) is 4.23. The van der Waals surface area contributed by atoms with Gasteiger partial charge in [-0.2, -0.15) is 0 Å². The molecule has 0 unspecified atom stereocenters. The molecule has 0 N–H and O–H groups in total. The smallest absolute Gasteiger partial charge is 0.338 e. The maximum atomic E-state index is 14.3. The summed E-state index contributed by atoms with van der Waals surface area (Å²) < 4.78 is 30.5. The summed E-state index contributed by atoms with van der Waals surface area (Å²) in [4.78, 5) is 33.3. The molecule has 1 aromatic heterocycles. The normalized spacial score (nSPS) is 14.5. The second kappa shape index (κ2) is 13.5. The fourth-order valence-corrected chi connectivity index (χ4v) is 6.68. The number of ether oxygens (including phenoxy) is 5. The molecule has 2 heterocycles. The minimum atomic E-state index is -0.857. The Kier molecular flexibility index (Phi) is 9.55. The Labute approximate surface area is 266 Å². The van der Waals surface area contributed by atoms with E-state index in [0.717, 1.165) is 11.1 Å². The standard InChI is InChI=1S/C33H31BrN2O7S/c1-6-42-25-16-19(15-22(34)30(25)41-5)17-26-31(37)36-29(21-13-14-23(39-3)24(18-21)40-4)27(32(38)43-7-2)28(35-33(36)44-26)20-11-9-8-10-12-20/h8-18,29H,6-7H2,1-5H3/b26-17-/t29-/m0/s1. The van der Waals surface area contributed by atoms with Gasteiger partial charge in [-0.3, -0.25) is 9.36 Å². The number of nitrogens with zero attached hydrogens (tertiary/aromatic N) is 2. The molecule has 0 aliphatic carbocycles. The first-order chi connectivity index (χ1) is 21.3. The van der Waals surface area contributed by atoms with Gasteiger partial charge in [-0.15, -0.1) is 0 Å². The number of thiazole rings is 1. The van der Waals surface area contributed by atoms with Crippen LogP contribution >= 0.6 is 27.3 Å². The summed E-state index contributed by atoms with van der Waals surface area (Å²) in [5.74, 6) is 1.52. The summed E-state index contributed by atoms with van der Waals surface area (Å²) in [5, 5.41) is 0. The second-order valence-corrected chi connectivity index (χ2v) is 11.4. The molecule has 0 saturated heterocycles. The summed E-state index contributed by atoms with van der Waals surface area (Å²) in [7, 11) is 4.65. The number of fused-ring (bicyclic) bond motifs is 1. The average Bonchev–Trinajstić information content (AvgIpc) is 3.34. The lowest BCUT2D eigenvalue weighted by atomic mass is 9.93. The number of hydrogen-bond donors (Lipinski definition) is 0. The maximum absolute atomic E-state index is 14.3. The molecule has 1 aliphatic heterocycles. The van der Waals surface area contributed by atoms with Crippen molar-refractivity contribution in [1.29, 1.82) is 0 Å². The number of halogens is 1. The number of rotatable bonds is 10. The van der Waals surface area contributed by atoms with Crippen molar-refractivity contribution in [2.75, 3.05) is 34.5 Å². The number of methoxy groups -OCH3 is 3. The Hall–Kier alpha value is -4.35. The van der Waals surface area contributed by atoms with Gasteiger partial charge in [-0.25, -0.2) is 9.79 Å². The van der Waals surface area contributed by atoms with Gasteiger partial charge in [0, 0.05) is 5.56 Å². The van der Waals surface area contributed by atoms with Crippen LogP contribution in [0.25, 0.3) is 11.8 Å². The van der Waals surface area contributed by atoms with Crippen molar-refractivity contribution >= 4 is 45.0 Å². The van der Waals surface area contributed by atoms with E-state index in [4.69, 9.17) is 28.7 Å². The highest BCUT2D eigenvalue weighted by atomic mass is 79.9. The molecule has 5 rings (SSSR count). The van der Waals surface area contributed by atoms with E-state index in [1.54, 1.807) is 43.9 Å². The van der Waals surface area contributed by atoms with Crippen LogP contribution in [0.5, 0.6) is 23.0 Å². The SMILES string of the molecule is CCOC(=O)C1=C(c2ccccc2)N=c2s/c(=C\c3cc(Br)c(OC)c(OCC)c3)c(=O)n2[C@H]1c1ccc(OC)c(OC)c1. The largest absolute Gasteiger partial charge is 0.493 e. The minimum absolute atomic E-state index is 0.155. The highest BCUT2D eigenvalue weighted by Gasteiger charge is 2.35. The summed E-state index contributed by atoms with van der Waals surface area (Å²) >= 11 is 4.78. The lowest BCUT2D eigenvalue weighted by Gasteiger charge is -2.26. The topological polar surface area (TPSA) is 97.6 Å². The Morgan fingerprint density at radius 1 is 0.955 bits per heavy atom. The van der Waals surface area contributed by atoms with Gasteiger partial charge in [-0.1, -0.05) is 47.7 Å². The van der Waals surface area contributed by atoms with E-state index >= 15 is 0 Å². The lowest BCUT2D eigenvalue weighted by Crippen LogP contribution is -2.40. The molecular weight excluding hydrogens is 648 g/mol. The van der Waals surface area contributed by atoms with Crippen molar-refractivity contribution in [2.45, 2.75) is 19.9 Å². The third-order valence-electron chi connectivity index (χ3n) is 6.93. The van der Waals surface area contributed by atoms with Gasteiger partial charge < -0.3 is 23.7 Å². The fraction of sp³-hybridized carbons (Fsp3) is 0.242. The molecule has 4 aromatic rings. The summed E-state index contributed by atoms with van der Waals surface area (Å²) in [6.07, 6.45) is 1.78. The van der Waals surface area contributed by atoms with Crippen LogP contribution in [0.3, 0.4) is 0 Å². The van der Waals surface area contributed by atoms with Crippen LogP contribution in [-0.2, 0) is 9.53 Å². The average molecular weight is 680 g/mol. The van der Waals surface area contributed by atoms with Gasteiger partial charge in [0.05, 0.1) is 60.9 Å². The van der Waals surface area contributed by atoms with Gasteiger partial charge >= 0.3 is 5.97 Å². The predicted molar refractivity (Wildman–Crippen MR) is 172 cm³/mol. The molecule has 9 nitrogen and oxygen atoms in total. The van der Waals surface area contributed by atoms with E-state index in [9.17, 15) is 9.59 Å². The van der Waals surface area contributed by atoms with E-state index in [0.29, 0.717) is 54.7 Å². The predicted octanol–water partition coefficient (Wildman–Crippen LogP) is 5.12. The molecule has 0 saturated carbocycles. The highest BCUT2D eigenvalue weighted by Crippen LogP contribution is 2.39. The van der Waals surface area contributed by atoms with E-state index < -0.39 is 12.0 Å². The molecule has 0 spiro atoms. The van der Waals surface area contributed by atoms with E-state index in [1.807, 2.05) is 55.5 Å². The molecule has 1 aliphatic rings. The van der Waals surface area contributed by atoms with Gasteiger partial charge in [0.1, 0.15) is 0 Å². The number of aromatic nitrogens is 1. The van der Waals surface area contributed by atoms with Crippen molar-refractivity contribution in [3.8, 4) is 23.0 Å². The molecule has 44 heavy (non-hydrogen) atoms. The van der Waals surface area contributed by atoms with Crippen LogP contribution < -0.4 is 33.8 Å². The summed E-state index contributed by atoms with van der Waals surface area (Å²) in [5.41, 5.74) is 2.44. The number of carbonyl (C=O) groups excluding carboxylic acids is 1. The molecule has 0 fully saturated rings. The van der Waals surface area contributed by atoms with Crippen LogP contribution in [-0.4, -0.2) is 45.1 Å². The van der Waals surface area contributed by atoms with Crippen molar-refractivity contribution in [3.05, 3.63) is 107 Å². The monoisotopic (exact) mass is 678 g/mol. The molecule has 228 valence electrons. The Bertz CT molecular complexity index is 1910. The number of benzene rings is 3. The number of carbonyl (C=O) groups is 1. The van der Waals surface area contributed by atoms with Gasteiger partial charge in [0.25, 0.3) is 5.56 Å². The number of hydrogen-bond acceptors (Lipinski definition) is 9. The minimum Gasteiger partial charge on any atom is -0.493 e. The van der Waals surface area contributed by atoms with Gasteiger partial charge in [0.2, 0.25) is 0 Å². The number of esters is 1. The van der Waals surface area contributed by atoms with Crippen molar-refractivity contribution < 1.29 is 28.5 Å². The lowest BCUT2D eigenvalue weighted by molar-refractivity contribution is -0.138. The van der Waals surface area contributed by atoms with E-state index in [1.165, 1.54) is 18.4 Å². The molecule has 0 amide bonds.